The zero-order chi connectivity index (χ0) is 13.2. The van der Waals surface area contributed by atoms with E-state index in [-0.39, 0.29) is 29.3 Å². The van der Waals surface area contributed by atoms with Crippen molar-refractivity contribution in [1.82, 2.24) is 0 Å². The third-order valence-electron chi connectivity index (χ3n) is 1.92. The van der Waals surface area contributed by atoms with Crippen molar-refractivity contribution in [3.8, 4) is 0 Å². The monoisotopic (exact) mass is 302 g/mol. The van der Waals surface area contributed by atoms with Crippen molar-refractivity contribution in [1.29, 1.82) is 0 Å². The Labute approximate surface area is 109 Å². The highest BCUT2D eigenvalue weighted by Gasteiger charge is 2.40. The van der Waals surface area contributed by atoms with Crippen LogP contribution in [0, 0.1) is 0 Å². The molecule has 5 heteroatoms. The topological polar surface area (TPSA) is 52.6 Å². The fraction of sp³-hybridized carbons (Fsp3) is 0.500. The highest BCUT2D eigenvalue weighted by atomic mass is 79.9. The molecule has 0 heterocycles. The van der Waals surface area contributed by atoms with E-state index in [1.54, 1.807) is 27.7 Å². The molecule has 1 rings (SSSR count). The minimum Gasteiger partial charge on any atom is -0.483 e. The van der Waals surface area contributed by atoms with Gasteiger partial charge in [0.15, 0.2) is 0 Å². The molecule has 0 saturated carbocycles. The zero-order valence-corrected chi connectivity index (χ0v) is 11.8. The van der Waals surface area contributed by atoms with Gasteiger partial charge in [-0.05, 0) is 32.7 Å². The van der Waals surface area contributed by atoms with Gasteiger partial charge in [0, 0.05) is 0 Å². The number of Topliss-reactive ketones (excluding diaryl/α,β-unsaturated/α-hetero) is 2. The maximum Gasteiger partial charge on any atom is 0.236 e. The summed E-state index contributed by atoms with van der Waals surface area (Å²) in [6.07, 6.45) is -0.385. The maximum absolute atomic E-state index is 11.9. The molecule has 0 amide bonds. The van der Waals surface area contributed by atoms with Gasteiger partial charge in [-0.3, -0.25) is 9.59 Å². The first-order chi connectivity index (χ1) is 7.88. The van der Waals surface area contributed by atoms with E-state index in [1.807, 2.05) is 0 Å². The smallest absolute Gasteiger partial charge is 0.236 e. The van der Waals surface area contributed by atoms with Crippen molar-refractivity contribution >= 4 is 27.5 Å². The summed E-state index contributed by atoms with van der Waals surface area (Å²) in [7, 11) is 0. The van der Waals surface area contributed by atoms with E-state index in [9.17, 15) is 9.59 Å². The second-order valence-corrected chi connectivity index (χ2v) is 4.63. The van der Waals surface area contributed by atoms with E-state index >= 15 is 0 Å². The van der Waals surface area contributed by atoms with Gasteiger partial charge in [0.25, 0.3) is 0 Å². The second kappa shape index (κ2) is 5.49. The van der Waals surface area contributed by atoms with Crippen LogP contribution in [0.1, 0.15) is 27.7 Å². The van der Waals surface area contributed by atoms with Crippen molar-refractivity contribution < 1.29 is 19.1 Å². The van der Waals surface area contributed by atoms with Crippen molar-refractivity contribution in [2.45, 2.75) is 39.9 Å². The van der Waals surface area contributed by atoms with Crippen molar-refractivity contribution in [2.24, 2.45) is 0 Å². The Bertz CT molecular complexity index is 371. The van der Waals surface area contributed by atoms with Crippen LogP contribution >= 0.6 is 15.9 Å². The molecule has 0 unspecified atom stereocenters. The lowest BCUT2D eigenvalue weighted by Gasteiger charge is -2.13. The fourth-order valence-electron chi connectivity index (χ4n) is 1.34. The summed E-state index contributed by atoms with van der Waals surface area (Å²) in [4.78, 5) is 25.1. The van der Waals surface area contributed by atoms with Crippen LogP contribution in [0.2, 0.25) is 0 Å². The van der Waals surface area contributed by atoms with E-state index < -0.39 is 11.6 Å². The molecule has 4 nitrogen and oxygen atoms in total. The van der Waals surface area contributed by atoms with Crippen LogP contribution in [0.15, 0.2) is 22.1 Å². The molecule has 94 valence electrons. The number of carbonyl (C=O) groups excluding carboxylic acids is 2. The van der Waals surface area contributed by atoms with Gasteiger partial charge in [-0.15, -0.1) is 0 Å². The highest BCUT2D eigenvalue weighted by Crippen LogP contribution is 2.28. The van der Waals surface area contributed by atoms with Crippen LogP contribution in [-0.2, 0) is 19.1 Å². The van der Waals surface area contributed by atoms with Crippen LogP contribution in [0.4, 0.5) is 0 Å². The molecular formula is C12H15BrO4. The van der Waals surface area contributed by atoms with Gasteiger partial charge in [-0.25, -0.2) is 0 Å². The molecule has 0 bridgehead atoms. The van der Waals surface area contributed by atoms with Crippen LogP contribution in [0.25, 0.3) is 0 Å². The van der Waals surface area contributed by atoms with E-state index in [0.717, 1.165) is 0 Å². The molecule has 0 aromatic rings. The van der Waals surface area contributed by atoms with Gasteiger partial charge in [0.2, 0.25) is 23.1 Å². The molecule has 0 fully saturated rings. The molecule has 1 aliphatic carbocycles. The molecule has 0 spiro atoms. The standard InChI is InChI=1S/C12H15BrO4/c1-6(2)16-11-9(14)8(5-13)10(15)12(11)17-7(3)4/h5-7H,1-4H3. The fourth-order valence-corrected chi connectivity index (χ4v) is 1.75. The second-order valence-electron chi connectivity index (χ2n) is 4.17. The SMILES string of the molecule is CC(C)OC1=C(OC(C)C)C(=O)C(=CBr)C1=O. The Morgan fingerprint density at radius 3 is 1.53 bits per heavy atom. The number of halogens is 1. The van der Waals surface area contributed by atoms with Crippen LogP contribution in [0.5, 0.6) is 0 Å². The number of ketones is 2. The summed E-state index contributed by atoms with van der Waals surface area (Å²) in [6, 6.07) is 0. The first-order valence-corrected chi connectivity index (χ1v) is 6.27. The predicted molar refractivity (Wildman–Crippen MR) is 66.5 cm³/mol. The number of hydrogen-bond donors (Lipinski definition) is 0. The minimum absolute atomic E-state index is 0.00407. The number of carbonyl (C=O) groups is 2. The molecule has 0 radical (unpaired) electrons. The van der Waals surface area contributed by atoms with Gasteiger partial charge in [0.1, 0.15) is 0 Å². The van der Waals surface area contributed by atoms with Gasteiger partial charge >= 0.3 is 0 Å². The normalized spacial score (nSPS) is 16.3. The number of rotatable bonds is 4. The van der Waals surface area contributed by atoms with Crippen LogP contribution < -0.4 is 0 Å². The van der Waals surface area contributed by atoms with Crippen molar-refractivity contribution in [2.75, 3.05) is 0 Å². The van der Waals surface area contributed by atoms with Gasteiger partial charge in [-0.1, -0.05) is 15.9 Å². The average Bonchev–Trinajstić information content (AvgIpc) is 2.41. The molecule has 0 N–H and O–H groups in total. The summed E-state index contributed by atoms with van der Waals surface area (Å²) >= 11 is 3.00. The first-order valence-electron chi connectivity index (χ1n) is 5.35. The molecule has 0 aliphatic heterocycles. The third kappa shape index (κ3) is 2.97. The first kappa shape index (κ1) is 14.0. The predicted octanol–water partition coefficient (Wildman–Crippen LogP) is 2.48. The molecule has 0 saturated heterocycles. The lowest BCUT2D eigenvalue weighted by Crippen LogP contribution is -2.11. The molecule has 1 aliphatic rings. The van der Waals surface area contributed by atoms with Gasteiger partial charge < -0.3 is 9.47 Å². The molecule has 0 aromatic heterocycles. The molecule has 17 heavy (non-hydrogen) atoms. The van der Waals surface area contributed by atoms with Crippen LogP contribution in [0.3, 0.4) is 0 Å². The summed E-state index contributed by atoms with van der Waals surface area (Å²) in [6.45, 7) is 7.14. The molecular weight excluding hydrogens is 288 g/mol. The Morgan fingerprint density at radius 2 is 1.29 bits per heavy atom. The largest absolute Gasteiger partial charge is 0.483 e. The summed E-state index contributed by atoms with van der Waals surface area (Å²) in [5.41, 5.74) is 0.0382. The number of ether oxygens (including phenoxy) is 2. The number of hydrogen-bond acceptors (Lipinski definition) is 4. The van der Waals surface area contributed by atoms with E-state index in [2.05, 4.69) is 15.9 Å². The quantitative estimate of drug-likeness (QED) is 0.591. The Hall–Kier alpha value is -1.10. The zero-order valence-electron chi connectivity index (χ0n) is 10.2. The van der Waals surface area contributed by atoms with E-state index in [4.69, 9.17) is 9.47 Å². The maximum atomic E-state index is 11.9. The van der Waals surface area contributed by atoms with E-state index in [1.165, 1.54) is 4.99 Å². The van der Waals surface area contributed by atoms with Crippen molar-refractivity contribution in [3.63, 3.8) is 0 Å². The molecule has 0 aromatic carbocycles. The number of allylic oxidation sites excluding steroid dienone is 2. The van der Waals surface area contributed by atoms with Gasteiger partial charge in [-0.2, -0.15) is 0 Å². The lowest BCUT2D eigenvalue weighted by molar-refractivity contribution is -0.118. The lowest BCUT2D eigenvalue weighted by atomic mass is 10.2. The molecule has 0 atom stereocenters. The average molecular weight is 303 g/mol. The van der Waals surface area contributed by atoms with Crippen LogP contribution in [-0.4, -0.2) is 23.8 Å². The minimum atomic E-state index is -0.434. The van der Waals surface area contributed by atoms with Crippen molar-refractivity contribution in [3.05, 3.63) is 22.1 Å². The third-order valence-corrected chi connectivity index (χ3v) is 2.38. The highest BCUT2D eigenvalue weighted by molar-refractivity contribution is 9.11. The summed E-state index contributed by atoms with van der Waals surface area (Å²) in [5, 5.41) is 0. The Balaban J connectivity index is 3.15. The Kier molecular flexibility index (Phi) is 4.51. The van der Waals surface area contributed by atoms with E-state index in [0.29, 0.717) is 0 Å². The Morgan fingerprint density at radius 1 is 0.941 bits per heavy atom. The summed E-state index contributed by atoms with van der Waals surface area (Å²) < 4.78 is 10.7. The summed E-state index contributed by atoms with van der Waals surface area (Å²) in [5.74, 6) is -0.860. The van der Waals surface area contributed by atoms with Gasteiger partial charge in [0.05, 0.1) is 17.8 Å².